The Morgan fingerprint density at radius 3 is 2.16 bits per heavy atom. The Kier molecular flexibility index (Phi) is 14.6. The van der Waals surface area contributed by atoms with E-state index in [9.17, 15) is 24.0 Å². The number of carbonyl (C=O) groups is 5. The molecule has 0 aromatic heterocycles. The van der Waals surface area contributed by atoms with Crippen molar-refractivity contribution >= 4 is 29.7 Å². The van der Waals surface area contributed by atoms with Crippen LogP contribution in [0.15, 0.2) is 24.0 Å². The molecule has 2 saturated carbocycles. The van der Waals surface area contributed by atoms with Crippen molar-refractivity contribution in [2.24, 2.45) is 34.3 Å². The normalized spacial score (nSPS) is 22.8. The van der Waals surface area contributed by atoms with E-state index >= 15 is 0 Å². The van der Waals surface area contributed by atoms with Gasteiger partial charge in [0.25, 0.3) is 0 Å². The lowest BCUT2D eigenvalue weighted by Gasteiger charge is -2.40. The fourth-order valence-electron chi connectivity index (χ4n) is 7.54. The van der Waals surface area contributed by atoms with E-state index in [1.807, 2.05) is 52.8 Å². The first-order valence-corrected chi connectivity index (χ1v) is 19.0. The molecule has 3 rings (SSSR count). The summed E-state index contributed by atoms with van der Waals surface area (Å²) in [6, 6.07) is -2.74. The lowest BCUT2D eigenvalue weighted by molar-refractivity contribution is -0.144. The number of urea groups is 1. The van der Waals surface area contributed by atoms with Crippen LogP contribution in [0.3, 0.4) is 0 Å². The summed E-state index contributed by atoms with van der Waals surface area (Å²) in [5, 5.41) is 12.1. The van der Waals surface area contributed by atoms with Gasteiger partial charge in [-0.15, -0.1) is 0 Å². The van der Waals surface area contributed by atoms with Crippen molar-refractivity contribution < 1.29 is 28.7 Å². The van der Waals surface area contributed by atoms with E-state index in [4.69, 9.17) is 10.5 Å². The van der Waals surface area contributed by atoms with Gasteiger partial charge in [-0.2, -0.15) is 0 Å². The lowest BCUT2D eigenvalue weighted by atomic mass is 9.75. The van der Waals surface area contributed by atoms with Crippen LogP contribution in [-0.4, -0.2) is 78.4 Å². The minimum absolute atomic E-state index is 0.0266. The number of carbonyl (C=O) groups excluding carboxylic acids is 5. The van der Waals surface area contributed by atoms with Crippen molar-refractivity contribution in [3.63, 3.8) is 0 Å². The molecular formula is C39H66N6O6. The van der Waals surface area contributed by atoms with Crippen LogP contribution in [0.2, 0.25) is 0 Å². The first-order chi connectivity index (χ1) is 23.8. The van der Waals surface area contributed by atoms with E-state index in [1.165, 1.54) is 0 Å². The molecule has 3 fully saturated rings. The maximum Gasteiger partial charge on any atom is 0.316 e. The highest BCUT2D eigenvalue weighted by atomic mass is 16.5. The largest absolute Gasteiger partial charge is 0.497 e. The van der Waals surface area contributed by atoms with Crippen LogP contribution >= 0.6 is 0 Å². The molecule has 3 aliphatic rings. The number of amides is 6. The van der Waals surface area contributed by atoms with Crippen LogP contribution in [-0.2, 0) is 23.9 Å². The zero-order valence-corrected chi connectivity index (χ0v) is 32.7. The summed E-state index contributed by atoms with van der Waals surface area (Å²) in [7, 11) is 1.61. The third kappa shape index (κ3) is 12.0. The van der Waals surface area contributed by atoms with Gasteiger partial charge in [-0.3, -0.25) is 19.2 Å². The van der Waals surface area contributed by atoms with Gasteiger partial charge < -0.3 is 36.6 Å². The topological polar surface area (TPSA) is 172 Å². The number of likely N-dealkylation sites (tertiary alicyclic amines) is 1. The molecule has 1 aliphatic heterocycles. The van der Waals surface area contributed by atoms with Crippen LogP contribution in [0.4, 0.5) is 4.79 Å². The smallest absolute Gasteiger partial charge is 0.316 e. The summed E-state index contributed by atoms with van der Waals surface area (Å²) >= 11 is 0. The van der Waals surface area contributed by atoms with Crippen LogP contribution in [0.1, 0.15) is 120 Å². The fraction of sp³-hybridized carbons (Fsp3) is 0.769. The molecule has 6 N–H and O–H groups in total. The molecule has 2 unspecified atom stereocenters. The van der Waals surface area contributed by atoms with Gasteiger partial charge in [0.15, 0.2) is 0 Å². The summed E-state index contributed by atoms with van der Waals surface area (Å²) in [4.78, 5) is 69.7. The highest BCUT2D eigenvalue weighted by molar-refractivity contribution is 5.95. The zero-order valence-electron chi connectivity index (χ0n) is 32.7. The van der Waals surface area contributed by atoms with E-state index in [0.717, 1.165) is 37.9 Å². The van der Waals surface area contributed by atoms with Crippen LogP contribution < -0.4 is 27.0 Å². The second kappa shape index (κ2) is 17.8. The number of nitrogens with two attached hydrogens (primary N) is 1. The molecule has 0 spiro atoms. The zero-order chi connectivity index (χ0) is 38.1. The van der Waals surface area contributed by atoms with Crippen molar-refractivity contribution in [1.29, 1.82) is 0 Å². The van der Waals surface area contributed by atoms with Crippen molar-refractivity contribution in [2.45, 2.75) is 143 Å². The Hall–Kier alpha value is -3.57. The first-order valence-electron chi connectivity index (χ1n) is 19.0. The summed E-state index contributed by atoms with van der Waals surface area (Å²) in [6.07, 6.45) is 12.7. The van der Waals surface area contributed by atoms with E-state index < -0.39 is 41.0 Å². The molecule has 12 heteroatoms. The SMILES string of the molecule is C/C=C(\C=C/C(C)CNC(=O)C1(NC(=O)N[C@H](C(=O)N2CC[C@H](C(C)(C)C)[C@H]2C(=O)NC(CC(N)=O)CC2CC2)C(C)(C)C)CCCCC1)OC. The number of hydrogen-bond acceptors (Lipinski definition) is 6. The number of rotatable bonds is 15. The average molecular weight is 715 g/mol. The monoisotopic (exact) mass is 715 g/mol. The Labute approximate surface area is 305 Å². The third-order valence-corrected chi connectivity index (χ3v) is 10.7. The number of ether oxygens (including phenoxy) is 1. The van der Waals surface area contributed by atoms with Crippen molar-refractivity contribution in [3.8, 4) is 0 Å². The molecule has 0 bridgehead atoms. The molecule has 5 atom stereocenters. The molecule has 6 amide bonds. The van der Waals surface area contributed by atoms with Gasteiger partial charge in [-0.05, 0) is 73.3 Å². The standard InChI is InChI=1S/C39H66N6O6/c1-10-28(51-9)17-14-25(2)24-41-35(49)39(19-12-11-13-20-39)44-36(50)43-32(38(6,7)8)34(48)45-21-18-29(37(3,4)5)31(45)33(47)42-27(23-30(40)46)22-26-15-16-26/h10,14,17,25-27,29,31-32H,11-13,15-16,18-24H2,1-9H3,(H2,40,46)(H,41,49)(H,42,47)(H2,43,44,50)/b17-14-,28-10+/t25?,27?,29-,31-,32+/m0/s1. The molecule has 0 aromatic carbocycles. The molecule has 1 saturated heterocycles. The summed E-state index contributed by atoms with van der Waals surface area (Å²) < 4.78 is 5.28. The second-order valence-corrected chi connectivity index (χ2v) is 17.3. The Morgan fingerprint density at radius 2 is 1.63 bits per heavy atom. The number of nitrogens with one attached hydrogen (secondary N) is 4. The van der Waals surface area contributed by atoms with Crippen molar-refractivity contribution in [1.82, 2.24) is 26.2 Å². The second-order valence-electron chi connectivity index (χ2n) is 17.3. The molecule has 288 valence electrons. The van der Waals surface area contributed by atoms with Crippen molar-refractivity contribution in [3.05, 3.63) is 24.0 Å². The van der Waals surface area contributed by atoms with Gasteiger partial charge in [-0.1, -0.05) is 86.6 Å². The maximum atomic E-state index is 14.5. The number of allylic oxidation sites excluding steroid dienone is 2. The van der Waals surface area contributed by atoms with E-state index in [1.54, 1.807) is 12.0 Å². The predicted octanol–water partition coefficient (Wildman–Crippen LogP) is 4.69. The first kappa shape index (κ1) is 41.8. The number of methoxy groups -OCH3 is 1. The molecule has 0 radical (unpaired) electrons. The average Bonchev–Trinajstić information content (AvgIpc) is 3.73. The highest BCUT2D eigenvalue weighted by Gasteiger charge is 2.50. The Bertz CT molecular complexity index is 1300. The maximum absolute atomic E-state index is 14.5. The van der Waals surface area contributed by atoms with Crippen LogP contribution in [0, 0.1) is 28.6 Å². The molecular weight excluding hydrogens is 648 g/mol. The predicted molar refractivity (Wildman–Crippen MR) is 199 cm³/mol. The third-order valence-electron chi connectivity index (χ3n) is 10.7. The molecule has 12 nitrogen and oxygen atoms in total. The van der Waals surface area contributed by atoms with Gasteiger partial charge >= 0.3 is 6.03 Å². The van der Waals surface area contributed by atoms with E-state index in [-0.39, 0.29) is 41.4 Å². The van der Waals surface area contributed by atoms with Crippen LogP contribution in [0.5, 0.6) is 0 Å². The van der Waals surface area contributed by atoms with Crippen molar-refractivity contribution in [2.75, 3.05) is 20.2 Å². The van der Waals surface area contributed by atoms with Gasteiger partial charge in [0.05, 0.1) is 7.11 Å². The van der Waals surface area contributed by atoms with E-state index in [2.05, 4.69) is 42.0 Å². The summed E-state index contributed by atoms with van der Waals surface area (Å²) in [6.45, 7) is 16.4. The number of nitrogens with zero attached hydrogens (tertiary/aromatic N) is 1. The molecule has 1 heterocycles. The van der Waals surface area contributed by atoms with Gasteiger partial charge in [-0.25, -0.2) is 4.79 Å². The number of hydrogen-bond donors (Lipinski definition) is 5. The van der Waals surface area contributed by atoms with Crippen LogP contribution in [0.25, 0.3) is 0 Å². The quantitative estimate of drug-likeness (QED) is 0.122. The lowest BCUT2D eigenvalue weighted by Crippen LogP contribution is -2.65. The molecule has 0 aromatic rings. The Morgan fingerprint density at radius 1 is 0.980 bits per heavy atom. The van der Waals surface area contributed by atoms with Gasteiger partial charge in [0.2, 0.25) is 23.6 Å². The minimum Gasteiger partial charge on any atom is -0.497 e. The number of primary amides is 1. The Balaban J connectivity index is 1.80. The highest BCUT2D eigenvalue weighted by Crippen LogP contribution is 2.40. The fourth-order valence-corrected chi connectivity index (χ4v) is 7.54. The molecule has 51 heavy (non-hydrogen) atoms. The molecule has 2 aliphatic carbocycles. The van der Waals surface area contributed by atoms with E-state index in [0.29, 0.717) is 44.7 Å². The van der Waals surface area contributed by atoms with Gasteiger partial charge in [0, 0.05) is 25.6 Å². The van der Waals surface area contributed by atoms with Gasteiger partial charge in [0.1, 0.15) is 23.4 Å². The summed E-state index contributed by atoms with van der Waals surface area (Å²) in [5.74, 6) is -0.284. The summed E-state index contributed by atoms with van der Waals surface area (Å²) in [5.41, 5.74) is 3.43. The minimum atomic E-state index is -1.11.